The van der Waals surface area contributed by atoms with Crippen molar-refractivity contribution in [2.24, 2.45) is 0 Å². The molecule has 0 saturated carbocycles. The summed E-state index contributed by atoms with van der Waals surface area (Å²) in [6, 6.07) is 10.8. The first-order valence-corrected chi connectivity index (χ1v) is 11.4. The predicted octanol–water partition coefficient (Wildman–Crippen LogP) is 2.72. The van der Waals surface area contributed by atoms with Gasteiger partial charge in [0.15, 0.2) is 0 Å². The van der Waals surface area contributed by atoms with Crippen LogP contribution < -0.4 is 5.56 Å². The van der Waals surface area contributed by atoms with Gasteiger partial charge in [-0.2, -0.15) is 4.31 Å². The van der Waals surface area contributed by atoms with Crippen LogP contribution >= 0.6 is 0 Å². The Balaban J connectivity index is 2.12. The second-order valence-corrected chi connectivity index (χ2v) is 9.13. The number of methoxy groups -OCH3 is 1. The first kappa shape index (κ1) is 23.5. The van der Waals surface area contributed by atoms with E-state index in [1.165, 1.54) is 30.9 Å². The maximum Gasteiger partial charge on any atom is 0.269 e. The van der Waals surface area contributed by atoms with Crippen molar-refractivity contribution >= 4 is 26.6 Å². The lowest BCUT2D eigenvalue weighted by Crippen LogP contribution is -2.37. The maximum absolute atomic E-state index is 13.3. The monoisotopic (exact) mass is 460 g/mol. The molecule has 1 aromatic heterocycles. The summed E-state index contributed by atoms with van der Waals surface area (Å²) < 4.78 is 34.3. The molecule has 0 aliphatic heterocycles. The number of nitro benzene ring substituents is 1. The lowest BCUT2D eigenvalue weighted by atomic mass is 10.1. The third-order valence-electron chi connectivity index (χ3n) is 5.26. The SMILES string of the molecule is CCC(c1nc2ccccc2c(=O)n1CCOC)N(C)S(=O)(=O)c1ccc([N+](=O)[O-])cc1. The van der Waals surface area contributed by atoms with E-state index in [0.717, 1.165) is 16.4 Å². The topological polar surface area (TPSA) is 125 Å². The number of fused-ring (bicyclic) bond motifs is 1. The molecule has 0 fully saturated rings. The van der Waals surface area contributed by atoms with Crippen molar-refractivity contribution in [3.05, 3.63) is 74.8 Å². The van der Waals surface area contributed by atoms with Crippen LogP contribution in [0.1, 0.15) is 25.2 Å². The van der Waals surface area contributed by atoms with E-state index in [0.29, 0.717) is 23.1 Å². The average molecular weight is 461 g/mol. The molecule has 1 heterocycles. The summed E-state index contributed by atoms with van der Waals surface area (Å²) in [4.78, 5) is 28.0. The van der Waals surface area contributed by atoms with Gasteiger partial charge in [0.25, 0.3) is 11.2 Å². The van der Waals surface area contributed by atoms with Gasteiger partial charge in [0.05, 0.1) is 39.9 Å². The molecule has 3 aromatic rings. The minimum atomic E-state index is -4.02. The van der Waals surface area contributed by atoms with Crippen LogP contribution in [-0.4, -0.2) is 48.0 Å². The van der Waals surface area contributed by atoms with Crippen LogP contribution in [0.5, 0.6) is 0 Å². The minimum Gasteiger partial charge on any atom is -0.383 e. The molecule has 1 unspecified atom stereocenters. The number of sulfonamides is 1. The summed E-state index contributed by atoms with van der Waals surface area (Å²) in [7, 11) is -1.10. The van der Waals surface area contributed by atoms with E-state index >= 15 is 0 Å². The van der Waals surface area contributed by atoms with Gasteiger partial charge >= 0.3 is 0 Å². The Morgan fingerprint density at radius 3 is 2.44 bits per heavy atom. The Kier molecular flexibility index (Phi) is 7.02. The molecule has 3 rings (SSSR count). The van der Waals surface area contributed by atoms with E-state index in [1.54, 1.807) is 31.2 Å². The van der Waals surface area contributed by atoms with E-state index in [9.17, 15) is 23.3 Å². The Hall–Kier alpha value is -3.15. The van der Waals surface area contributed by atoms with Crippen molar-refractivity contribution in [2.75, 3.05) is 20.8 Å². The fourth-order valence-electron chi connectivity index (χ4n) is 3.51. The number of rotatable bonds is 9. The number of benzene rings is 2. The molecule has 10 nitrogen and oxygen atoms in total. The molecule has 0 spiro atoms. The number of para-hydroxylation sites is 1. The molecule has 2 aromatic carbocycles. The van der Waals surface area contributed by atoms with E-state index in [1.807, 2.05) is 0 Å². The zero-order valence-corrected chi connectivity index (χ0v) is 18.8. The summed E-state index contributed by atoms with van der Waals surface area (Å²) in [5.41, 5.74) is -0.00812. The fraction of sp³-hybridized carbons (Fsp3) is 0.333. The van der Waals surface area contributed by atoms with E-state index in [2.05, 4.69) is 4.98 Å². The Bertz CT molecular complexity index is 1290. The smallest absolute Gasteiger partial charge is 0.269 e. The maximum atomic E-state index is 13.3. The molecule has 11 heteroatoms. The van der Waals surface area contributed by atoms with E-state index < -0.39 is 21.0 Å². The number of nitrogens with zero attached hydrogens (tertiary/aromatic N) is 4. The Morgan fingerprint density at radius 1 is 1.19 bits per heavy atom. The third-order valence-corrected chi connectivity index (χ3v) is 7.14. The van der Waals surface area contributed by atoms with Crippen molar-refractivity contribution in [3.63, 3.8) is 0 Å². The van der Waals surface area contributed by atoms with Crippen LogP contribution in [0.25, 0.3) is 10.9 Å². The quantitative estimate of drug-likeness (QED) is 0.355. The van der Waals surface area contributed by atoms with Gasteiger partial charge in [-0.15, -0.1) is 0 Å². The number of hydrogen-bond donors (Lipinski definition) is 0. The van der Waals surface area contributed by atoms with Gasteiger partial charge < -0.3 is 4.74 Å². The summed E-state index contributed by atoms with van der Waals surface area (Å²) in [5, 5.41) is 11.3. The summed E-state index contributed by atoms with van der Waals surface area (Å²) in [5.74, 6) is 0.307. The molecule has 0 bridgehead atoms. The molecule has 0 N–H and O–H groups in total. The van der Waals surface area contributed by atoms with Crippen LogP contribution in [0.4, 0.5) is 5.69 Å². The Labute approximate surface area is 185 Å². The molecule has 0 aliphatic rings. The van der Waals surface area contributed by atoms with Crippen LogP contribution in [0.15, 0.2) is 58.2 Å². The molecule has 32 heavy (non-hydrogen) atoms. The van der Waals surface area contributed by atoms with Gasteiger partial charge in [-0.25, -0.2) is 13.4 Å². The van der Waals surface area contributed by atoms with Gasteiger partial charge in [-0.1, -0.05) is 19.1 Å². The molecule has 170 valence electrons. The molecule has 0 amide bonds. The predicted molar refractivity (Wildman–Crippen MR) is 119 cm³/mol. The highest BCUT2D eigenvalue weighted by molar-refractivity contribution is 7.89. The standard InChI is InChI=1S/C21H24N4O6S/c1-4-19(23(2)32(29,30)16-11-9-15(10-12-16)25(27)28)20-22-18-8-6-5-7-17(18)21(26)24(20)13-14-31-3/h5-12,19H,4,13-14H2,1-3H3. The highest BCUT2D eigenvalue weighted by Crippen LogP contribution is 2.29. The summed E-state index contributed by atoms with van der Waals surface area (Å²) in [6.45, 7) is 2.27. The third kappa shape index (κ3) is 4.40. The minimum absolute atomic E-state index is 0.0874. The lowest BCUT2D eigenvalue weighted by molar-refractivity contribution is -0.384. The number of nitro groups is 1. The fourth-order valence-corrected chi connectivity index (χ4v) is 4.91. The number of non-ortho nitro benzene ring substituents is 1. The number of hydrogen-bond acceptors (Lipinski definition) is 7. The van der Waals surface area contributed by atoms with Gasteiger partial charge in [0.1, 0.15) is 5.82 Å². The Morgan fingerprint density at radius 2 is 1.84 bits per heavy atom. The van der Waals surface area contributed by atoms with E-state index in [4.69, 9.17) is 4.74 Å². The van der Waals surface area contributed by atoms with Gasteiger partial charge in [0, 0.05) is 26.3 Å². The van der Waals surface area contributed by atoms with Crippen molar-refractivity contribution in [1.29, 1.82) is 0 Å². The molecular formula is C21H24N4O6S. The zero-order valence-electron chi connectivity index (χ0n) is 18.0. The number of ether oxygens (including phenoxy) is 1. The second-order valence-electron chi connectivity index (χ2n) is 7.13. The normalized spacial score (nSPS) is 12.9. The number of aromatic nitrogens is 2. The zero-order chi connectivity index (χ0) is 23.5. The van der Waals surface area contributed by atoms with Gasteiger partial charge in [-0.3, -0.25) is 19.5 Å². The first-order chi connectivity index (χ1) is 15.2. The van der Waals surface area contributed by atoms with Crippen molar-refractivity contribution in [1.82, 2.24) is 13.9 Å². The average Bonchev–Trinajstić information content (AvgIpc) is 2.79. The molecule has 0 saturated heterocycles. The van der Waals surface area contributed by atoms with Crippen molar-refractivity contribution < 1.29 is 18.1 Å². The highest BCUT2D eigenvalue weighted by atomic mass is 32.2. The largest absolute Gasteiger partial charge is 0.383 e. The van der Waals surface area contributed by atoms with Crippen molar-refractivity contribution in [2.45, 2.75) is 30.8 Å². The van der Waals surface area contributed by atoms with Crippen LogP contribution in [0, 0.1) is 10.1 Å². The molecule has 0 aliphatic carbocycles. The van der Waals surface area contributed by atoms with Crippen LogP contribution in [0.2, 0.25) is 0 Å². The first-order valence-electron chi connectivity index (χ1n) is 9.93. The summed E-state index contributed by atoms with van der Waals surface area (Å²) in [6.07, 6.45) is 0.348. The highest BCUT2D eigenvalue weighted by Gasteiger charge is 2.31. The van der Waals surface area contributed by atoms with E-state index in [-0.39, 0.29) is 29.3 Å². The molecular weight excluding hydrogens is 436 g/mol. The van der Waals surface area contributed by atoms with Crippen molar-refractivity contribution in [3.8, 4) is 0 Å². The van der Waals surface area contributed by atoms with Gasteiger partial charge in [0.2, 0.25) is 10.0 Å². The molecule has 1 atom stereocenters. The lowest BCUT2D eigenvalue weighted by Gasteiger charge is -2.28. The molecule has 0 radical (unpaired) electrons. The van der Waals surface area contributed by atoms with Crippen LogP contribution in [0.3, 0.4) is 0 Å². The second kappa shape index (κ2) is 9.55. The van der Waals surface area contributed by atoms with Crippen LogP contribution in [-0.2, 0) is 21.3 Å². The summed E-state index contributed by atoms with van der Waals surface area (Å²) >= 11 is 0. The van der Waals surface area contributed by atoms with Gasteiger partial charge in [-0.05, 0) is 30.7 Å².